The normalized spacial score (nSPS) is 10.6. The first kappa shape index (κ1) is 17.2. The summed E-state index contributed by atoms with van der Waals surface area (Å²) in [6.45, 7) is 3.17. The van der Waals surface area contributed by atoms with Crippen LogP contribution in [0.1, 0.15) is 22.3 Å². The van der Waals surface area contributed by atoms with Gasteiger partial charge in [-0.2, -0.15) is 0 Å². The Morgan fingerprint density at radius 2 is 1.96 bits per heavy atom. The number of hydrogen-bond acceptors (Lipinski definition) is 6. The van der Waals surface area contributed by atoms with Crippen molar-refractivity contribution in [1.29, 1.82) is 0 Å². The molecular weight excluding hydrogens is 358 g/mol. The number of ketones is 1. The van der Waals surface area contributed by atoms with E-state index in [0.717, 1.165) is 33.9 Å². The van der Waals surface area contributed by atoms with E-state index in [1.54, 1.807) is 12.3 Å². The number of benzene rings is 1. The van der Waals surface area contributed by atoms with Gasteiger partial charge in [0.1, 0.15) is 6.54 Å². The van der Waals surface area contributed by atoms with Crippen LogP contribution in [0.15, 0.2) is 40.5 Å². The summed E-state index contributed by atoms with van der Waals surface area (Å²) < 4.78 is 1.40. The number of aryl methyl sites for hydroxylation is 1. The summed E-state index contributed by atoms with van der Waals surface area (Å²) in [6.07, 6.45) is 0. The molecule has 2 heterocycles. The first-order valence-corrected chi connectivity index (χ1v) is 9.17. The molecule has 0 spiro atoms. The third-order valence-corrected chi connectivity index (χ3v) is 5.47. The third kappa shape index (κ3) is 3.75. The van der Waals surface area contributed by atoms with Crippen molar-refractivity contribution in [2.45, 2.75) is 20.4 Å². The van der Waals surface area contributed by atoms with Gasteiger partial charge in [0.2, 0.25) is 5.91 Å². The predicted molar refractivity (Wildman–Crippen MR) is 99.5 cm³/mol. The number of carbonyl (C=O) groups excluding carboxylic acids is 2. The number of nitrogens with one attached hydrogen (secondary N) is 1. The second kappa shape index (κ2) is 7.12. The van der Waals surface area contributed by atoms with Gasteiger partial charge in [-0.3, -0.25) is 19.0 Å². The van der Waals surface area contributed by atoms with Crippen LogP contribution < -0.4 is 10.2 Å². The van der Waals surface area contributed by atoms with Crippen molar-refractivity contribution in [1.82, 2.24) is 9.55 Å². The highest BCUT2D eigenvalue weighted by atomic mass is 32.1. The Morgan fingerprint density at radius 3 is 2.56 bits per heavy atom. The van der Waals surface area contributed by atoms with Gasteiger partial charge in [-0.1, -0.05) is 53.0 Å². The lowest BCUT2D eigenvalue weighted by atomic mass is 10.1. The lowest BCUT2D eigenvalue weighted by molar-refractivity contribution is -0.116. The summed E-state index contributed by atoms with van der Waals surface area (Å²) in [6, 6.07) is 9.33. The van der Waals surface area contributed by atoms with Crippen LogP contribution in [-0.2, 0) is 11.3 Å². The summed E-state index contributed by atoms with van der Waals surface area (Å²) >= 11 is 2.19. The zero-order chi connectivity index (χ0) is 18.0. The standard InChI is InChI=1S/C17H15N3O3S2/c1-10-9-24-17(23)20(10)8-13(22)18-16-19-14(15(25-16)11(2)21)12-6-4-3-5-7-12/h3-7,9H,8H2,1-2H3,(H,18,19,22). The van der Waals surface area contributed by atoms with Gasteiger partial charge in [-0.05, 0) is 6.92 Å². The number of nitrogens with zero attached hydrogens (tertiary/aromatic N) is 2. The summed E-state index contributed by atoms with van der Waals surface area (Å²) in [5.41, 5.74) is 2.10. The lowest BCUT2D eigenvalue weighted by Gasteiger charge is -2.04. The van der Waals surface area contributed by atoms with Crippen LogP contribution >= 0.6 is 22.7 Å². The van der Waals surface area contributed by atoms with Crippen molar-refractivity contribution >= 4 is 39.5 Å². The summed E-state index contributed by atoms with van der Waals surface area (Å²) in [5, 5.41) is 4.73. The van der Waals surface area contributed by atoms with Gasteiger partial charge in [0.15, 0.2) is 10.9 Å². The minimum absolute atomic E-state index is 0.0795. The Labute approximate surface area is 151 Å². The fraction of sp³-hybridized carbons (Fsp3) is 0.176. The summed E-state index contributed by atoms with van der Waals surface area (Å²) in [5.74, 6) is -0.464. The van der Waals surface area contributed by atoms with Crippen molar-refractivity contribution in [2.75, 3.05) is 5.32 Å². The molecule has 0 saturated heterocycles. The largest absolute Gasteiger partial charge is 0.307 e. The fourth-order valence-electron chi connectivity index (χ4n) is 2.30. The smallest absolute Gasteiger partial charge is 0.300 e. The molecule has 0 aliphatic rings. The predicted octanol–water partition coefficient (Wildman–Crippen LogP) is 3.18. The molecule has 128 valence electrons. The van der Waals surface area contributed by atoms with Crippen molar-refractivity contribution in [3.05, 3.63) is 56.0 Å². The first-order chi connectivity index (χ1) is 12.0. The van der Waals surface area contributed by atoms with Crippen LogP contribution in [0.3, 0.4) is 0 Å². The van der Waals surface area contributed by atoms with E-state index in [4.69, 9.17) is 0 Å². The number of carbonyl (C=O) groups is 2. The minimum atomic E-state index is -0.355. The molecule has 1 amide bonds. The highest BCUT2D eigenvalue weighted by Gasteiger charge is 2.18. The monoisotopic (exact) mass is 373 g/mol. The quantitative estimate of drug-likeness (QED) is 0.697. The number of amides is 1. The number of Topliss-reactive ketones (excluding diaryl/α,β-unsaturated/α-hetero) is 1. The number of hydrogen-bond donors (Lipinski definition) is 1. The Morgan fingerprint density at radius 1 is 1.24 bits per heavy atom. The van der Waals surface area contributed by atoms with E-state index in [-0.39, 0.29) is 23.1 Å². The maximum absolute atomic E-state index is 12.2. The van der Waals surface area contributed by atoms with Crippen LogP contribution in [0.25, 0.3) is 11.3 Å². The lowest BCUT2D eigenvalue weighted by Crippen LogP contribution is -2.25. The molecule has 0 bridgehead atoms. The van der Waals surface area contributed by atoms with Gasteiger partial charge in [-0.15, -0.1) is 0 Å². The van der Waals surface area contributed by atoms with Crippen molar-refractivity contribution in [2.24, 2.45) is 0 Å². The summed E-state index contributed by atoms with van der Waals surface area (Å²) in [7, 11) is 0. The van der Waals surface area contributed by atoms with Gasteiger partial charge in [0.25, 0.3) is 0 Å². The molecule has 0 fully saturated rings. The molecule has 0 aliphatic carbocycles. The highest BCUT2D eigenvalue weighted by Crippen LogP contribution is 2.31. The Hall–Kier alpha value is -2.58. The van der Waals surface area contributed by atoms with E-state index in [9.17, 15) is 14.4 Å². The van der Waals surface area contributed by atoms with Crippen LogP contribution in [0.4, 0.5) is 5.13 Å². The van der Waals surface area contributed by atoms with E-state index in [0.29, 0.717) is 15.7 Å². The maximum atomic E-state index is 12.2. The molecule has 1 N–H and O–H groups in total. The number of anilines is 1. The fourth-order valence-corrected chi connectivity index (χ4v) is 3.94. The average molecular weight is 373 g/mol. The van der Waals surface area contributed by atoms with Crippen molar-refractivity contribution in [3.63, 3.8) is 0 Å². The van der Waals surface area contributed by atoms with E-state index in [2.05, 4.69) is 10.3 Å². The van der Waals surface area contributed by atoms with Crippen molar-refractivity contribution in [3.8, 4) is 11.3 Å². The minimum Gasteiger partial charge on any atom is -0.300 e. The third-order valence-electron chi connectivity index (χ3n) is 3.52. The molecule has 8 heteroatoms. The van der Waals surface area contributed by atoms with Gasteiger partial charge >= 0.3 is 4.87 Å². The van der Waals surface area contributed by atoms with Gasteiger partial charge in [0, 0.05) is 23.6 Å². The molecular formula is C17H15N3O3S2. The molecule has 3 rings (SSSR count). The summed E-state index contributed by atoms with van der Waals surface area (Å²) in [4.78, 5) is 40.5. The molecule has 0 radical (unpaired) electrons. The Balaban J connectivity index is 1.85. The molecule has 1 aromatic carbocycles. The molecule has 0 atom stereocenters. The zero-order valence-electron chi connectivity index (χ0n) is 13.6. The zero-order valence-corrected chi connectivity index (χ0v) is 15.2. The van der Waals surface area contributed by atoms with E-state index in [1.807, 2.05) is 30.3 Å². The van der Waals surface area contributed by atoms with Gasteiger partial charge < -0.3 is 5.32 Å². The molecule has 0 saturated carbocycles. The van der Waals surface area contributed by atoms with Gasteiger partial charge in [0.05, 0.1) is 10.6 Å². The van der Waals surface area contributed by atoms with Crippen LogP contribution in [-0.4, -0.2) is 21.2 Å². The highest BCUT2D eigenvalue weighted by molar-refractivity contribution is 7.18. The van der Waals surface area contributed by atoms with E-state index in [1.165, 1.54) is 11.5 Å². The molecule has 3 aromatic rings. The average Bonchev–Trinajstić information content (AvgIpc) is 3.14. The van der Waals surface area contributed by atoms with Crippen LogP contribution in [0.5, 0.6) is 0 Å². The van der Waals surface area contributed by atoms with Crippen molar-refractivity contribution < 1.29 is 9.59 Å². The SMILES string of the molecule is CC(=O)c1sc(NC(=O)Cn2c(C)csc2=O)nc1-c1ccccc1. The number of thiazole rings is 2. The second-order valence-corrected chi connectivity index (χ2v) is 7.22. The number of aromatic nitrogens is 2. The Kier molecular flexibility index (Phi) is 4.91. The Bertz CT molecular complexity index is 986. The van der Waals surface area contributed by atoms with Gasteiger partial charge in [-0.25, -0.2) is 4.98 Å². The topological polar surface area (TPSA) is 81.1 Å². The maximum Gasteiger partial charge on any atom is 0.307 e. The van der Waals surface area contributed by atoms with E-state index >= 15 is 0 Å². The molecule has 0 aliphatic heterocycles. The molecule has 25 heavy (non-hydrogen) atoms. The van der Waals surface area contributed by atoms with Crippen LogP contribution in [0, 0.1) is 6.92 Å². The van der Waals surface area contributed by atoms with E-state index < -0.39 is 0 Å². The molecule has 0 unspecified atom stereocenters. The second-order valence-electron chi connectivity index (χ2n) is 5.40. The first-order valence-electron chi connectivity index (χ1n) is 7.47. The van der Waals surface area contributed by atoms with Crippen LogP contribution in [0.2, 0.25) is 0 Å². The molecule has 6 nitrogen and oxygen atoms in total. The number of rotatable bonds is 5. The molecule has 2 aromatic heterocycles.